The molecule has 0 bridgehead atoms. The smallest absolute Gasteiger partial charge is 0.299 e. The van der Waals surface area contributed by atoms with E-state index >= 15 is 0 Å². The summed E-state index contributed by atoms with van der Waals surface area (Å²) < 4.78 is 10.4. The molecule has 1 aliphatic rings. The molecule has 0 saturated carbocycles. The molecule has 0 aliphatic carbocycles. The molecule has 0 N–H and O–H groups in total. The Bertz CT molecular complexity index is 498. The van der Waals surface area contributed by atoms with E-state index in [-0.39, 0.29) is 0 Å². The maximum absolute atomic E-state index is 11.9. The van der Waals surface area contributed by atoms with Crippen molar-refractivity contribution in [3.63, 3.8) is 0 Å². The van der Waals surface area contributed by atoms with Crippen LogP contribution in [0.25, 0.3) is 0 Å². The molecule has 0 fully saturated rings. The Balaban J connectivity index is 2.15. The number of benzene rings is 1. The van der Waals surface area contributed by atoms with Crippen molar-refractivity contribution in [3.05, 3.63) is 23.8 Å². The topological polar surface area (TPSA) is 55.8 Å². The first kappa shape index (κ1) is 13.5. The Hall–Kier alpha value is -1.88. The zero-order valence-corrected chi connectivity index (χ0v) is 11.1. The van der Waals surface area contributed by atoms with E-state index in [1.807, 2.05) is 6.92 Å². The summed E-state index contributed by atoms with van der Waals surface area (Å²) in [5, 5.41) is 0. The van der Waals surface area contributed by atoms with Gasteiger partial charge in [0.2, 0.25) is 0 Å². The molecule has 1 aromatic carbocycles. The molecule has 0 saturated heterocycles. The average Bonchev–Trinajstić information content (AvgIpc) is 2.67. The number of carbonyl (C=O) groups excluding carboxylic acids is 2. The van der Waals surface area contributed by atoms with Crippen molar-refractivity contribution in [2.24, 2.45) is 0 Å². The molecule has 1 heterocycles. The molecular formula is C14H17NO4. The van der Waals surface area contributed by atoms with Crippen LogP contribution >= 0.6 is 0 Å². The number of methoxy groups -OCH3 is 1. The predicted octanol–water partition coefficient (Wildman–Crippen LogP) is 1.65. The number of rotatable bonds is 6. The fourth-order valence-corrected chi connectivity index (χ4v) is 2.03. The molecule has 1 aliphatic heterocycles. The molecule has 1 amide bonds. The molecule has 5 nitrogen and oxygen atoms in total. The minimum atomic E-state index is -0.497. The SMILES string of the molecule is CCCOCCN1C(=O)C(=O)c2cc(OC)ccc21. The van der Waals surface area contributed by atoms with Gasteiger partial charge in [-0.25, -0.2) is 0 Å². The standard InChI is InChI=1S/C14H17NO4/c1-3-7-19-8-6-15-12-5-4-10(18-2)9-11(12)13(16)14(15)17/h4-5,9H,3,6-8H2,1-2H3. The van der Waals surface area contributed by atoms with Crippen LogP contribution in [0.1, 0.15) is 23.7 Å². The summed E-state index contributed by atoms with van der Waals surface area (Å²) >= 11 is 0. The normalized spacial score (nSPS) is 13.9. The number of nitrogens with zero attached hydrogens (tertiary/aromatic N) is 1. The molecule has 0 atom stereocenters. The third kappa shape index (κ3) is 2.61. The maximum atomic E-state index is 11.9. The number of hydrogen-bond acceptors (Lipinski definition) is 4. The predicted molar refractivity (Wildman–Crippen MR) is 70.8 cm³/mol. The highest BCUT2D eigenvalue weighted by molar-refractivity contribution is 6.52. The molecule has 102 valence electrons. The van der Waals surface area contributed by atoms with Crippen molar-refractivity contribution in [3.8, 4) is 5.75 Å². The first-order valence-electron chi connectivity index (χ1n) is 6.31. The van der Waals surface area contributed by atoms with E-state index in [0.717, 1.165) is 6.42 Å². The third-order valence-electron chi connectivity index (χ3n) is 2.99. The molecule has 0 unspecified atom stereocenters. The maximum Gasteiger partial charge on any atom is 0.299 e. The fourth-order valence-electron chi connectivity index (χ4n) is 2.03. The lowest BCUT2D eigenvalue weighted by Crippen LogP contribution is -2.32. The quantitative estimate of drug-likeness (QED) is 0.578. The summed E-state index contributed by atoms with van der Waals surface area (Å²) in [6.45, 7) is 3.50. The second-order valence-corrected chi connectivity index (χ2v) is 4.28. The number of Topliss-reactive ketones (excluding diaryl/α,β-unsaturated/α-hetero) is 1. The molecule has 19 heavy (non-hydrogen) atoms. The number of ketones is 1. The van der Waals surface area contributed by atoms with E-state index in [1.54, 1.807) is 18.2 Å². The van der Waals surface area contributed by atoms with Crippen molar-refractivity contribution in [2.45, 2.75) is 13.3 Å². The molecule has 5 heteroatoms. The van der Waals surface area contributed by atoms with Crippen LogP contribution in [0.15, 0.2) is 18.2 Å². The lowest BCUT2D eigenvalue weighted by molar-refractivity contribution is -0.114. The van der Waals surface area contributed by atoms with Crippen molar-refractivity contribution in [1.82, 2.24) is 0 Å². The van der Waals surface area contributed by atoms with Crippen LogP contribution in [0.4, 0.5) is 5.69 Å². The van der Waals surface area contributed by atoms with Gasteiger partial charge in [-0.2, -0.15) is 0 Å². The molecule has 1 aromatic rings. The summed E-state index contributed by atoms with van der Waals surface area (Å²) in [6, 6.07) is 5.07. The first-order valence-corrected chi connectivity index (χ1v) is 6.31. The Morgan fingerprint density at radius 2 is 2.00 bits per heavy atom. The number of hydrogen-bond donors (Lipinski definition) is 0. The van der Waals surface area contributed by atoms with E-state index in [1.165, 1.54) is 12.0 Å². The van der Waals surface area contributed by atoms with Crippen molar-refractivity contribution >= 4 is 17.4 Å². The van der Waals surface area contributed by atoms with Crippen molar-refractivity contribution < 1.29 is 19.1 Å². The van der Waals surface area contributed by atoms with E-state index < -0.39 is 11.7 Å². The van der Waals surface area contributed by atoms with Gasteiger partial charge in [0.25, 0.3) is 11.7 Å². The van der Waals surface area contributed by atoms with E-state index in [9.17, 15) is 9.59 Å². The minimum absolute atomic E-state index is 0.393. The molecule has 0 radical (unpaired) electrons. The minimum Gasteiger partial charge on any atom is -0.497 e. The Morgan fingerprint density at radius 1 is 1.21 bits per heavy atom. The van der Waals surface area contributed by atoms with Crippen LogP contribution in [0.5, 0.6) is 5.75 Å². The lowest BCUT2D eigenvalue weighted by Gasteiger charge is -2.16. The number of ether oxygens (including phenoxy) is 2. The second-order valence-electron chi connectivity index (χ2n) is 4.28. The number of fused-ring (bicyclic) bond motifs is 1. The monoisotopic (exact) mass is 263 g/mol. The summed E-state index contributed by atoms with van der Waals surface area (Å²) in [5.41, 5.74) is 1.04. The van der Waals surface area contributed by atoms with Crippen LogP contribution < -0.4 is 9.64 Å². The molecule has 0 spiro atoms. The Morgan fingerprint density at radius 3 is 2.68 bits per heavy atom. The Kier molecular flexibility index (Phi) is 4.16. The number of amides is 1. The first-order chi connectivity index (χ1) is 9.19. The fraction of sp³-hybridized carbons (Fsp3) is 0.429. The van der Waals surface area contributed by atoms with Gasteiger partial charge in [-0.1, -0.05) is 6.92 Å². The highest BCUT2D eigenvalue weighted by Crippen LogP contribution is 2.31. The van der Waals surface area contributed by atoms with Crippen LogP contribution in [0, 0.1) is 0 Å². The molecule has 0 aromatic heterocycles. The highest BCUT2D eigenvalue weighted by atomic mass is 16.5. The van der Waals surface area contributed by atoms with Crippen LogP contribution in [-0.2, 0) is 9.53 Å². The van der Waals surface area contributed by atoms with Gasteiger partial charge < -0.3 is 14.4 Å². The van der Waals surface area contributed by atoms with Crippen LogP contribution in [-0.4, -0.2) is 38.6 Å². The van der Waals surface area contributed by atoms with Gasteiger partial charge in [0, 0.05) is 13.2 Å². The summed E-state index contributed by atoms with van der Waals surface area (Å²) in [5.74, 6) is -0.406. The zero-order chi connectivity index (χ0) is 13.8. The summed E-state index contributed by atoms with van der Waals surface area (Å²) in [7, 11) is 1.53. The van der Waals surface area contributed by atoms with Crippen molar-refractivity contribution in [1.29, 1.82) is 0 Å². The van der Waals surface area contributed by atoms with Crippen LogP contribution in [0.3, 0.4) is 0 Å². The van der Waals surface area contributed by atoms with E-state index in [0.29, 0.717) is 36.8 Å². The number of carbonyl (C=O) groups is 2. The van der Waals surface area contributed by atoms with Gasteiger partial charge >= 0.3 is 0 Å². The largest absolute Gasteiger partial charge is 0.497 e. The second kappa shape index (κ2) is 5.84. The molecular weight excluding hydrogens is 246 g/mol. The summed E-state index contributed by atoms with van der Waals surface area (Å²) in [6.07, 6.45) is 0.931. The molecule has 2 rings (SSSR count). The van der Waals surface area contributed by atoms with Gasteiger partial charge in [-0.15, -0.1) is 0 Å². The van der Waals surface area contributed by atoms with E-state index in [2.05, 4.69) is 0 Å². The van der Waals surface area contributed by atoms with Gasteiger partial charge in [0.1, 0.15) is 5.75 Å². The summed E-state index contributed by atoms with van der Waals surface area (Å²) in [4.78, 5) is 25.2. The van der Waals surface area contributed by atoms with Gasteiger partial charge in [-0.3, -0.25) is 9.59 Å². The van der Waals surface area contributed by atoms with Crippen LogP contribution in [0.2, 0.25) is 0 Å². The highest BCUT2D eigenvalue weighted by Gasteiger charge is 2.35. The Labute approximate surface area is 112 Å². The average molecular weight is 263 g/mol. The third-order valence-corrected chi connectivity index (χ3v) is 2.99. The van der Waals surface area contributed by atoms with Crippen molar-refractivity contribution in [2.75, 3.05) is 31.8 Å². The van der Waals surface area contributed by atoms with E-state index in [4.69, 9.17) is 9.47 Å². The lowest BCUT2D eigenvalue weighted by atomic mass is 10.1. The van der Waals surface area contributed by atoms with Gasteiger partial charge in [0.15, 0.2) is 0 Å². The van der Waals surface area contributed by atoms with Gasteiger partial charge in [0.05, 0.1) is 25.0 Å². The zero-order valence-electron chi connectivity index (χ0n) is 11.1. The van der Waals surface area contributed by atoms with Gasteiger partial charge in [-0.05, 0) is 24.6 Å². The number of anilines is 1.